The molecular formula is C19H24N4O3. The van der Waals surface area contributed by atoms with Crippen LogP contribution in [-0.4, -0.2) is 57.4 Å². The number of carbonyl (C=O) groups excluding carboxylic acids is 2. The van der Waals surface area contributed by atoms with Crippen LogP contribution in [0, 0.1) is 6.92 Å². The molecule has 1 aliphatic heterocycles. The molecule has 1 atom stereocenters. The van der Waals surface area contributed by atoms with Crippen molar-refractivity contribution >= 4 is 11.8 Å². The van der Waals surface area contributed by atoms with Crippen molar-refractivity contribution in [1.29, 1.82) is 0 Å². The van der Waals surface area contributed by atoms with Crippen LogP contribution in [0.4, 0.5) is 0 Å². The van der Waals surface area contributed by atoms with Crippen molar-refractivity contribution in [1.82, 2.24) is 19.9 Å². The molecule has 1 aromatic carbocycles. The normalized spacial score (nSPS) is 17.4. The van der Waals surface area contributed by atoms with Crippen molar-refractivity contribution in [2.24, 2.45) is 0 Å². The van der Waals surface area contributed by atoms with Crippen LogP contribution in [0.1, 0.15) is 31.7 Å². The molecule has 1 fully saturated rings. The fourth-order valence-corrected chi connectivity index (χ4v) is 3.23. The van der Waals surface area contributed by atoms with Crippen LogP contribution in [0.25, 0.3) is 11.5 Å². The number of piperazine rings is 1. The first-order valence-electron chi connectivity index (χ1n) is 8.94. The second-order valence-corrected chi connectivity index (χ2v) is 6.69. The fraction of sp³-hybridized carbons (Fsp3) is 0.474. The van der Waals surface area contributed by atoms with Gasteiger partial charge >= 0.3 is 0 Å². The highest BCUT2D eigenvalue weighted by Crippen LogP contribution is 2.19. The number of carbonyl (C=O) groups is 2. The van der Waals surface area contributed by atoms with Crippen LogP contribution in [-0.2, 0) is 16.0 Å². The van der Waals surface area contributed by atoms with E-state index < -0.39 is 0 Å². The van der Waals surface area contributed by atoms with Crippen molar-refractivity contribution in [2.75, 3.05) is 19.6 Å². The van der Waals surface area contributed by atoms with Gasteiger partial charge in [0.05, 0.1) is 6.42 Å². The molecule has 3 rings (SSSR count). The van der Waals surface area contributed by atoms with Crippen LogP contribution in [0.15, 0.2) is 28.8 Å². The van der Waals surface area contributed by atoms with Gasteiger partial charge in [-0.15, -0.1) is 0 Å². The van der Waals surface area contributed by atoms with Crippen LogP contribution in [0.2, 0.25) is 0 Å². The first-order valence-corrected chi connectivity index (χ1v) is 8.94. The molecule has 138 valence electrons. The molecule has 0 spiro atoms. The van der Waals surface area contributed by atoms with Crippen LogP contribution < -0.4 is 0 Å². The average Bonchev–Trinajstić information content (AvgIpc) is 3.09. The molecule has 2 aromatic rings. The number of aryl methyl sites for hydroxylation is 1. The van der Waals surface area contributed by atoms with Gasteiger partial charge in [0, 0.05) is 37.7 Å². The minimum atomic E-state index is -0.0444. The third-order valence-electron chi connectivity index (χ3n) is 4.65. The highest BCUT2D eigenvalue weighted by Gasteiger charge is 2.29. The lowest BCUT2D eigenvalue weighted by atomic mass is 10.1. The summed E-state index contributed by atoms with van der Waals surface area (Å²) in [4.78, 5) is 32.4. The first-order chi connectivity index (χ1) is 12.5. The largest absolute Gasteiger partial charge is 0.338 e. The van der Waals surface area contributed by atoms with Gasteiger partial charge in [0.2, 0.25) is 11.8 Å². The Morgan fingerprint density at radius 2 is 2.08 bits per heavy atom. The maximum absolute atomic E-state index is 12.6. The van der Waals surface area contributed by atoms with Gasteiger partial charge in [-0.05, 0) is 26.0 Å². The SMILES string of the molecule is CCC(=O)N1CCN(C(=O)Cc2noc(-c3cccc(C)c3)n2)C[C@@H]1C. The zero-order valence-electron chi connectivity index (χ0n) is 15.4. The average molecular weight is 356 g/mol. The number of rotatable bonds is 4. The number of amides is 2. The predicted molar refractivity (Wildman–Crippen MR) is 96.2 cm³/mol. The predicted octanol–water partition coefficient (Wildman–Crippen LogP) is 2.06. The highest BCUT2D eigenvalue weighted by atomic mass is 16.5. The zero-order valence-corrected chi connectivity index (χ0v) is 15.4. The Hall–Kier alpha value is -2.70. The molecule has 0 saturated carbocycles. The first kappa shape index (κ1) is 18.1. The van der Waals surface area contributed by atoms with E-state index in [1.54, 1.807) is 4.90 Å². The third-order valence-corrected chi connectivity index (χ3v) is 4.65. The van der Waals surface area contributed by atoms with E-state index >= 15 is 0 Å². The standard InChI is InChI=1S/C19H24N4O3/c1-4-17(24)23-9-8-22(12-14(23)3)18(25)11-16-20-19(26-21-16)15-7-5-6-13(2)10-15/h5-7,10,14H,4,8-9,11-12H2,1-3H3/t14-/m0/s1. The van der Waals surface area contributed by atoms with Crippen molar-refractivity contribution in [3.05, 3.63) is 35.7 Å². The van der Waals surface area contributed by atoms with Crippen molar-refractivity contribution in [2.45, 2.75) is 39.7 Å². The number of nitrogens with zero attached hydrogens (tertiary/aromatic N) is 4. The maximum atomic E-state index is 12.6. The summed E-state index contributed by atoms with van der Waals surface area (Å²) in [6, 6.07) is 7.81. The molecule has 1 aromatic heterocycles. The Morgan fingerprint density at radius 1 is 1.27 bits per heavy atom. The topological polar surface area (TPSA) is 79.5 Å². The Kier molecular flexibility index (Phi) is 5.35. The summed E-state index contributed by atoms with van der Waals surface area (Å²) in [6.07, 6.45) is 0.590. The monoisotopic (exact) mass is 356 g/mol. The molecule has 0 radical (unpaired) electrons. The van der Waals surface area contributed by atoms with Gasteiger partial charge in [0.25, 0.3) is 5.89 Å². The third kappa shape index (κ3) is 3.92. The summed E-state index contributed by atoms with van der Waals surface area (Å²) in [6.45, 7) is 7.46. The van der Waals surface area contributed by atoms with Gasteiger partial charge < -0.3 is 14.3 Å². The number of aromatic nitrogens is 2. The minimum Gasteiger partial charge on any atom is -0.338 e. The van der Waals surface area contributed by atoms with E-state index in [-0.39, 0.29) is 24.3 Å². The van der Waals surface area contributed by atoms with Crippen LogP contribution in [0.3, 0.4) is 0 Å². The molecule has 1 aliphatic rings. The van der Waals surface area contributed by atoms with E-state index in [1.165, 1.54) is 0 Å². The molecule has 0 bridgehead atoms. The summed E-state index contributed by atoms with van der Waals surface area (Å²) in [5.74, 6) is 0.886. The van der Waals surface area contributed by atoms with Gasteiger partial charge in [-0.3, -0.25) is 9.59 Å². The van der Waals surface area contributed by atoms with E-state index in [1.807, 2.05) is 49.9 Å². The Bertz CT molecular complexity index is 802. The molecule has 0 N–H and O–H groups in total. The molecule has 0 aliphatic carbocycles. The summed E-state index contributed by atoms with van der Waals surface area (Å²) < 4.78 is 5.29. The van der Waals surface area contributed by atoms with Gasteiger partial charge in [-0.25, -0.2) is 0 Å². The number of hydrogen-bond donors (Lipinski definition) is 0. The molecule has 2 heterocycles. The molecule has 0 unspecified atom stereocenters. The minimum absolute atomic E-state index is 0.0215. The summed E-state index contributed by atoms with van der Waals surface area (Å²) in [5, 5.41) is 3.93. The van der Waals surface area contributed by atoms with E-state index in [0.717, 1.165) is 11.1 Å². The van der Waals surface area contributed by atoms with Crippen LogP contribution in [0.5, 0.6) is 0 Å². The molecule has 26 heavy (non-hydrogen) atoms. The molecular weight excluding hydrogens is 332 g/mol. The van der Waals surface area contributed by atoms with Crippen molar-refractivity contribution in [3.8, 4) is 11.5 Å². The number of hydrogen-bond acceptors (Lipinski definition) is 5. The fourth-order valence-electron chi connectivity index (χ4n) is 3.23. The summed E-state index contributed by atoms with van der Waals surface area (Å²) in [7, 11) is 0. The zero-order chi connectivity index (χ0) is 18.7. The highest BCUT2D eigenvalue weighted by molar-refractivity contribution is 5.79. The van der Waals surface area contributed by atoms with Crippen LogP contribution >= 0.6 is 0 Å². The van der Waals surface area contributed by atoms with Crippen molar-refractivity contribution in [3.63, 3.8) is 0 Å². The van der Waals surface area contributed by atoms with Gasteiger partial charge in [-0.2, -0.15) is 4.98 Å². The molecule has 7 nitrogen and oxygen atoms in total. The Morgan fingerprint density at radius 3 is 2.77 bits per heavy atom. The molecule has 7 heteroatoms. The smallest absolute Gasteiger partial charge is 0.257 e. The van der Waals surface area contributed by atoms with E-state index in [4.69, 9.17) is 4.52 Å². The van der Waals surface area contributed by atoms with Crippen molar-refractivity contribution < 1.29 is 14.1 Å². The lowest BCUT2D eigenvalue weighted by Crippen LogP contribution is -2.55. The number of benzene rings is 1. The molecule has 2 amide bonds. The molecule has 1 saturated heterocycles. The van der Waals surface area contributed by atoms with Gasteiger partial charge in [0.15, 0.2) is 5.82 Å². The Balaban J connectivity index is 1.62. The van der Waals surface area contributed by atoms with Gasteiger partial charge in [-0.1, -0.05) is 29.8 Å². The Labute approximate surface area is 153 Å². The lowest BCUT2D eigenvalue weighted by molar-refractivity contribution is -0.142. The second-order valence-electron chi connectivity index (χ2n) is 6.69. The lowest BCUT2D eigenvalue weighted by Gasteiger charge is -2.39. The van der Waals surface area contributed by atoms with Gasteiger partial charge in [0.1, 0.15) is 0 Å². The quantitative estimate of drug-likeness (QED) is 0.838. The van der Waals surface area contributed by atoms with E-state index in [9.17, 15) is 9.59 Å². The second kappa shape index (κ2) is 7.68. The summed E-state index contributed by atoms with van der Waals surface area (Å²) in [5.41, 5.74) is 1.95. The van der Waals surface area contributed by atoms with E-state index in [0.29, 0.717) is 37.8 Å². The maximum Gasteiger partial charge on any atom is 0.257 e. The van der Waals surface area contributed by atoms with E-state index in [2.05, 4.69) is 10.1 Å². The summed E-state index contributed by atoms with van der Waals surface area (Å²) >= 11 is 0.